The number of nitrogens with one attached hydrogen (secondary N) is 1. The molecule has 0 amide bonds. The predicted molar refractivity (Wildman–Crippen MR) is 133 cm³/mol. The van der Waals surface area contributed by atoms with Gasteiger partial charge in [-0.2, -0.15) is 0 Å². The van der Waals surface area contributed by atoms with Crippen molar-refractivity contribution >= 4 is 16.8 Å². The smallest absolute Gasteiger partial charge is 0.134 e. The minimum Gasteiger partial charge on any atom is -0.464 e. The maximum atomic E-state index is 5.59. The van der Waals surface area contributed by atoms with Crippen molar-refractivity contribution in [1.29, 1.82) is 0 Å². The number of anilines is 1. The molecule has 5 nitrogen and oxygen atoms in total. The van der Waals surface area contributed by atoms with Crippen LogP contribution in [0.2, 0.25) is 0 Å². The van der Waals surface area contributed by atoms with Gasteiger partial charge in [0, 0.05) is 41.0 Å². The van der Waals surface area contributed by atoms with Gasteiger partial charge in [-0.1, -0.05) is 18.2 Å². The first-order valence-corrected chi connectivity index (χ1v) is 11.1. The van der Waals surface area contributed by atoms with Crippen molar-refractivity contribution in [1.82, 2.24) is 15.0 Å². The lowest BCUT2D eigenvalue weighted by Gasteiger charge is -2.17. The minimum absolute atomic E-state index is 0.0727. The molecule has 33 heavy (non-hydrogen) atoms. The Kier molecular flexibility index (Phi) is 5.38. The Hall–Kier alpha value is -3.99. The lowest BCUT2D eigenvalue weighted by Crippen LogP contribution is -2.09. The van der Waals surface area contributed by atoms with Gasteiger partial charge in [0.15, 0.2) is 0 Å². The van der Waals surface area contributed by atoms with Crippen molar-refractivity contribution < 1.29 is 4.42 Å². The second kappa shape index (κ2) is 8.51. The number of nitrogens with zero attached hydrogens (tertiary/aromatic N) is 3. The summed E-state index contributed by atoms with van der Waals surface area (Å²) < 4.78 is 5.59. The second-order valence-corrected chi connectivity index (χ2v) is 8.56. The fourth-order valence-electron chi connectivity index (χ4n) is 4.11. The standard InChI is InChI=1S/C28H26N4O/c1-17-10-24(15-29-14-17)22-7-5-6-21(11-22)19(3)30-28-13-26(31-20(4)32-28)23-8-9-27-25(12-23)18(2)16-33-27/h5-16,19H,1-4H3,(H,30,31,32)/t19-/m0/s1. The molecule has 0 unspecified atom stereocenters. The third kappa shape index (κ3) is 4.35. The van der Waals surface area contributed by atoms with Gasteiger partial charge in [0.2, 0.25) is 0 Å². The third-order valence-electron chi connectivity index (χ3n) is 5.86. The molecule has 2 aromatic carbocycles. The molecule has 3 aromatic heterocycles. The molecule has 0 radical (unpaired) electrons. The SMILES string of the molecule is Cc1cncc(-c2cccc([C@H](C)Nc3cc(-c4ccc5occ(C)c5c4)nc(C)n3)c2)c1. The Morgan fingerprint density at radius 3 is 2.58 bits per heavy atom. The van der Waals surface area contributed by atoms with E-state index in [-0.39, 0.29) is 6.04 Å². The molecular weight excluding hydrogens is 408 g/mol. The van der Waals surface area contributed by atoms with Crippen LogP contribution in [0.25, 0.3) is 33.4 Å². The zero-order chi connectivity index (χ0) is 22.9. The highest BCUT2D eigenvalue weighted by Gasteiger charge is 2.12. The summed E-state index contributed by atoms with van der Waals surface area (Å²) in [6, 6.07) is 18.9. The summed E-state index contributed by atoms with van der Waals surface area (Å²) in [5.74, 6) is 1.53. The largest absolute Gasteiger partial charge is 0.464 e. The Bertz CT molecular complexity index is 1450. The van der Waals surface area contributed by atoms with Crippen LogP contribution in [-0.2, 0) is 0 Å². The number of furan rings is 1. The molecule has 5 rings (SSSR count). The zero-order valence-corrected chi connectivity index (χ0v) is 19.3. The molecule has 5 heteroatoms. The monoisotopic (exact) mass is 434 g/mol. The number of aryl methyl sites for hydroxylation is 3. The fraction of sp³-hybridized carbons (Fsp3) is 0.179. The molecule has 0 spiro atoms. The van der Waals surface area contributed by atoms with E-state index in [1.807, 2.05) is 37.5 Å². The highest BCUT2D eigenvalue weighted by Crippen LogP contribution is 2.29. The van der Waals surface area contributed by atoms with E-state index < -0.39 is 0 Å². The predicted octanol–water partition coefficient (Wildman–Crippen LogP) is 7.05. The average molecular weight is 435 g/mol. The number of aromatic nitrogens is 3. The number of pyridine rings is 1. The maximum absolute atomic E-state index is 5.59. The molecular formula is C28H26N4O. The van der Waals surface area contributed by atoms with Gasteiger partial charge < -0.3 is 9.73 Å². The Balaban J connectivity index is 1.43. The Morgan fingerprint density at radius 1 is 0.848 bits per heavy atom. The van der Waals surface area contributed by atoms with Crippen molar-refractivity contribution in [3.63, 3.8) is 0 Å². The van der Waals surface area contributed by atoms with Gasteiger partial charge in [0.25, 0.3) is 0 Å². The normalized spacial score (nSPS) is 12.1. The number of hydrogen-bond donors (Lipinski definition) is 1. The molecule has 0 saturated heterocycles. The topological polar surface area (TPSA) is 63.8 Å². The van der Waals surface area contributed by atoms with Gasteiger partial charge in [-0.3, -0.25) is 4.98 Å². The third-order valence-corrected chi connectivity index (χ3v) is 5.86. The molecule has 0 bridgehead atoms. The molecule has 5 aromatic rings. The van der Waals surface area contributed by atoms with Crippen LogP contribution in [0.3, 0.4) is 0 Å². The van der Waals surface area contributed by atoms with Crippen LogP contribution in [0.4, 0.5) is 5.82 Å². The van der Waals surface area contributed by atoms with E-state index in [0.29, 0.717) is 0 Å². The van der Waals surface area contributed by atoms with Gasteiger partial charge in [0.05, 0.1) is 12.0 Å². The lowest BCUT2D eigenvalue weighted by molar-refractivity contribution is 0.613. The highest BCUT2D eigenvalue weighted by molar-refractivity contribution is 5.85. The first-order valence-electron chi connectivity index (χ1n) is 11.1. The average Bonchev–Trinajstić information content (AvgIpc) is 3.19. The van der Waals surface area contributed by atoms with E-state index in [1.54, 1.807) is 6.26 Å². The van der Waals surface area contributed by atoms with Crippen LogP contribution in [0.5, 0.6) is 0 Å². The van der Waals surface area contributed by atoms with Crippen molar-refractivity contribution in [3.8, 4) is 22.4 Å². The fourth-order valence-corrected chi connectivity index (χ4v) is 4.11. The van der Waals surface area contributed by atoms with E-state index in [2.05, 4.69) is 77.4 Å². The Labute approximate surface area is 193 Å². The zero-order valence-electron chi connectivity index (χ0n) is 19.3. The summed E-state index contributed by atoms with van der Waals surface area (Å²) in [6.07, 6.45) is 5.57. The molecule has 0 aliphatic heterocycles. The van der Waals surface area contributed by atoms with E-state index in [4.69, 9.17) is 4.42 Å². The van der Waals surface area contributed by atoms with Crippen LogP contribution in [0, 0.1) is 20.8 Å². The summed E-state index contributed by atoms with van der Waals surface area (Å²) in [5.41, 5.74) is 8.54. The van der Waals surface area contributed by atoms with Gasteiger partial charge in [-0.25, -0.2) is 9.97 Å². The van der Waals surface area contributed by atoms with Gasteiger partial charge in [-0.15, -0.1) is 0 Å². The second-order valence-electron chi connectivity index (χ2n) is 8.56. The molecule has 164 valence electrons. The molecule has 1 N–H and O–H groups in total. The quantitative estimate of drug-likeness (QED) is 0.321. The van der Waals surface area contributed by atoms with Crippen molar-refractivity contribution in [2.75, 3.05) is 5.32 Å². The summed E-state index contributed by atoms with van der Waals surface area (Å²) in [5, 5.41) is 4.66. The lowest BCUT2D eigenvalue weighted by atomic mass is 10.0. The van der Waals surface area contributed by atoms with Crippen molar-refractivity contribution in [2.24, 2.45) is 0 Å². The van der Waals surface area contributed by atoms with E-state index >= 15 is 0 Å². The first-order chi connectivity index (χ1) is 16.0. The summed E-state index contributed by atoms with van der Waals surface area (Å²) in [7, 11) is 0. The molecule has 0 saturated carbocycles. The van der Waals surface area contributed by atoms with Gasteiger partial charge in [-0.05, 0) is 80.3 Å². The van der Waals surface area contributed by atoms with Crippen LogP contribution < -0.4 is 5.32 Å². The molecule has 0 fully saturated rings. The van der Waals surface area contributed by atoms with Crippen LogP contribution in [0.15, 0.2) is 77.7 Å². The number of fused-ring (bicyclic) bond motifs is 1. The molecule has 3 heterocycles. The minimum atomic E-state index is 0.0727. The van der Waals surface area contributed by atoms with Crippen molar-refractivity contribution in [2.45, 2.75) is 33.7 Å². The van der Waals surface area contributed by atoms with E-state index in [0.717, 1.165) is 56.1 Å². The summed E-state index contributed by atoms with van der Waals surface area (Å²) in [6.45, 7) is 8.18. The highest BCUT2D eigenvalue weighted by atomic mass is 16.3. The maximum Gasteiger partial charge on any atom is 0.134 e. The van der Waals surface area contributed by atoms with Gasteiger partial charge >= 0.3 is 0 Å². The first kappa shape index (κ1) is 20.9. The van der Waals surface area contributed by atoms with Crippen LogP contribution in [0.1, 0.15) is 35.5 Å². The van der Waals surface area contributed by atoms with Crippen LogP contribution in [-0.4, -0.2) is 15.0 Å². The number of hydrogen-bond acceptors (Lipinski definition) is 5. The van der Waals surface area contributed by atoms with E-state index in [1.165, 1.54) is 5.56 Å². The van der Waals surface area contributed by atoms with Gasteiger partial charge in [0.1, 0.15) is 17.2 Å². The molecule has 1 atom stereocenters. The van der Waals surface area contributed by atoms with Crippen LogP contribution >= 0.6 is 0 Å². The molecule has 0 aliphatic carbocycles. The van der Waals surface area contributed by atoms with E-state index in [9.17, 15) is 0 Å². The summed E-state index contributed by atoms with van der Waals surface area (Å²) >= 11 is 0. The summed E-state index contributed by atoms with van der Waals surface area (Å²) in [4.78, 5) is 13.6. The van der Waals surface area contributed by atoms with Crippen molar-refractivity contribution in [3.05, 3.63) is 95.8 Å². The molecule has 0 aliphatic rings. The Morgan fingerprint density at radius 2 is 1.73 bits per heavy atom. The number of rotatable bonds is 5. The number of benzene rings is 2.